The molecule has 8 nitrogen and oxygen atoms in total. The highest BCUT2D eigenvalue weighted by molar-refractivity contribution is 5.54. The van der Waals surface area contributed by atoms with Crippen molar-refractivity contribution in [3.8, 4) is 57.5 Å². The Morgan fingerprint density at radius 2 is 0.661 bits per heavy atom. The Bertz CT molecular complexity index is 2020. The summed E-state index contributed by atoms with van der Waals surface area (Å²) in [7, 11) is 9.98. The summed E-state index contributed by atoms with van der Waals surface area (Å²) in [6, 6.07) is 40.4. The summed E-state index contributed by atoms with van der Waals surface area (Å²) in [4.78, 5) is 0. The van der Waals surface area contributed by atoms with Gasteiger partial charge in [0.2, 0.25) is 0 Å². The van der Waals surface area contributed by atoms with Crippen LogP contribution >= 0.6 is 0 Å². The minimum atomic E-state index is 0.610. The van der Waals surface area contributed by atoms with E-state index in [1.807, 2.05) is 72.8 Å². The predicted molar refractivity (Wildman–Crippen MR) is 220 cm³/mol. The van der Waals surface area contributed by atoms with E-state index < -0.39 is 0 Å². The molecule has 0 heterocycles. The standard InChI is InChI=1S/C48H50O8/c1-49-41-11-7-9-35(27-41)15-21-37-29-47(45(53-5)31-43(37)51-3)55-39-23-17-33(18-24-39)13-14-34-19-25-40(26-20-34)56-48-30-38(44(52-4)32-46(48)54-6)22-16-36-10-8-12-42(28-36)50-2/h7-12,17-20,23-32H,13-16,21-22H2,1-6H3. The van der Waals surface area contributed by atoms with Gasteiger partial charge in [-0.3, -0.25) is 0 Å². The zero-order valence-corrected chi connectivity index (χ0v) is 33.1. The second kappa shape index (κ2) is 19.4. The highest BCUT2D eigenvalue weighted by Crippen LogP contribution is 2.40. The maximum atomic E-state index is 6.35. The van der Waals surface area contributed by atoms with E-state index in [9.17, 15) is 0 Å². The molecule has 6 aromatic rings. The topological polar surface area (TPSA) is 73.8 Å². The Kier molecular flexibility index (Phi) is 13.6. The third-order valence-electron chi connectivity index (χ3n) is 9.77. The summed E-state index contributed by atoms with van der Waals surface area (Å²) in [6.45, 7) is 0. The number of ether oxygens (including phenoxy) is 8. The molecule has 8 heteroatoms. The van der Waals surface area contributed by atoms with Gasteiger partial charge in [0.25, 0.3) is 0 Å². The Morgan fingerprint density at radius 1 is 0.286 bits per heavy atom. The molecule has 0 spiro atoms. The van der Waals surface area contributed by atoms with Crippen molar-refractivity contribution in [2.45, 2.75) is 38.5 Å². The Labute approximate surface area is 330 Å². The van der Waals surface area contributed by atoms with E-state index >= 15 is 0 Å². The number of benzene rings is 6. The quantitative estimate of drug-likeness (QED) is 0.0809. The molecule has 0 saturated heterocycles. The summed E-state index contributed by atoms with van der Waals surface area (Å²) in [6.07, 6.45) is 4.95. The maximum Gasteiger partial charge on any atom is 0.169 e. The molecule has 0 N–H and O–H groups in total. The van der Waals surface area contributed by atoms with Crippen molar-refractivity contribution in [2.75, 3.05) is 42.7 Å². The predicted octanol–water partition coefficient (Wildman–Crippen LogP) is 10.7. The zero-order valence-electron chi connectivity index (χ0n) is 33.1. The number of hydrogen-bond acceptors (Lipinski definition) is 8. The lowest BCUT2D eigenvalue weighted by Gasteiger charge is -2.16. The third kappa shape index (κ3) is 10.3. The second-order valence-electron chi connectivity index (χ2n) is 13.3. The molecular formula is C48H50O8. The largest absolute Gasteiger partial charge is 0.497 e. The fourth-order valence-corrected chi connectivity index (χ4v) is 6.62. The van der Waals surface area contributed by atoms with Crippen LogP contribution in [-0.2, 0) is 38.5 Å². The minimum absolute atomic E-state index is 0.610. The van der Waals surface area contributed by atoms with E-state index in [-0.39, 0.29) is 0 Å². The van der Waals surface area contributed by atoms with Crippen molar-refractivity contribution in [3.05, 3.63) is 155 Å². The van der Waals surface area contributed by atoms with Crippen LogP contribution < -0.4 is 37.9 Å². The lowest BCUT2D eigenvalue weighted by Crippen LogP contribution is -1.99. The molecule has 6 rings (SSSR count). The average molecular weight is 755 g/mol. The Hall–Kier alpha value is -6.28. The maximum absolute atomic E-state index is 6.35. The number of rotatable bonds is 19. The van der Waals surface area contributed by atoms with Crippen LogP contribution in [0.4, 0.5) is 0 Å². The van der Waals surface area contributed by atoms with Gasteiger partial charge in [0.05, 0.1) is 42.7 Å². The summed E-state index contributed by atoms with van der Waals surface area (Å²) in [5, 5.41) is 0. The summed E-state index contributed by atoms with van der Waals surface area (Å²) in [5.74, 6) is 7.18. The molecule has 0 aliphatic rings. The Morgan fingerprint density at radius 3 is 1.02 bits per heavy atom. The highest BCUT2D eigenvalue weighted by Gasteiger charge is 2.16. The zero-order chi connectivity index (χ0) is 39.3. The number of aryl methyl sites for hydroxylation is 6. The van der Waals surface area contributed by atoms with E-state index in [0.717, 1.165) is 84.1 Å². The average Bonchev–Trinajstić information content (AvgIpc) is 3.25. The summed E-state index contributed by atoms with van der Waals surface area (Å²) >= 11 is 0. The van der Waals surface area contributed by atoms with Crippen LogP contribution in [0.1, 0.15) is 33.4 Å². The summed E-state index contributed by atoms with van der Waals surface area (Å²) < 4.78 is 46.3. The van der Waals surface area contributed by atoms with E-state index in [1.165, 1.54) is 22.3 Å². The van der Waals surface area contributed by atoms with E-state index in [4.69, 9.17) is 37.9 Å². The lowest BCUT2D eigenvalue weighted by molar-refractivity contribution is 0.366. The van der Waals surface area contributed by atoms with Crippen molar-refractivity contribution in [1.82, 2.24) is 0 Å². The van der Waals surface area contributed by atoms with Gasteiger partial charge in [-0.15, -0.1) is 0 Å². The van der Waals surface area contributed by atoms with Crippen LogP contribution in [0, 0.1) is 0 Å². The Balaban J connectivity index is 1.06. The molecule has 0 radical (unpaired) electrons. The van der Waals surface area contributed by atoms with Gasteiger partial charge in [0, 0.05) is 12.1 Å². The molecule has 0 fully saturated rings. The molecule has 0 saturated carbocycles. The van der Waals surface area contributed by atoms with E-state index in [1.54, 1.807) is 42.7 Å². The van der Waals surface area contributed by atoms with Gasteiger partial charge in [0.1, 0.15) is 34.5 Å². The van der Waals surface area contributed by atoms with Gasteiger partial charge in [-0.1, -0.05) is 48.5 Å². The van der Waals surface area contributed by atoms with Gasteiger partial charge < -0.3 is 37.9 Å². The van der Waals surface area contributed by atoms with Crippen LogP contribution in [-0.4, -0.2) is 42.7 Å². The van der Waals surface area contributed by atoms with Crippen LogP contribution in [0.15, 0.2) is 121 Å². The molecule has 0 aromatic heterocycles. The molecular weight excluding hydrogens is 705 g/mol. The van der Waals surface area contributed by atoms with Gasteiger partial charge in [-0.05, 0) is 133 Å². The summed E-state index contributed by atoms with van der Waals surface area (Å²) in [5.41, 5.74) is 6.86. The monoisotopic (exact) mass is 754 g/mol. The van der Waals surface area contributed by atoms with Crippen LogP contribution in [0.5, 0.6) is 57.5 Å². The first-order valence-corrected chi connectivity index (χ1v) is 18.7. The fraction of sp³-hybridized carbons (Fsp3) is 0.250. The molecule has 290 valence electrons. The SMILES string of the molecule is COc1cccc(CCc2cc(Oc3ccc(CCc4ccc(Oc5cc(CCc6cccc(OC)c6)c(OC)cc5OC)cc4)cc3)c(OC)cc2OC)c1. The number of hydrogen-bond donors (Lipinski definition) is 0. The molecule has 6 aromatic carbocycles. The van der Waals surface area contributed by atoms with Crippen molar-refractivity contribution < 1.29 is 37.9 Å². The van der Waals surface area contributed by atoms with Crippen molar-refractivity contribution in [3.63, 3.8) is 0 Å². The molecule has 0 unspecified atom stereocenters. The first-order valence-electron chi connectivity index (χ1n) is 18.7. The third-order valence-corrected chi connectivity index (χ3v) is 9.77. The molecule has 0 amide bonds. The lowest BCUT2D eigenvalue weighted by atomic mass is 10.0. The molecule has 56 heavy (non-hydrogen) atoms. The van der Waals surface area contributed by atoms with Crippen LogP contribution in [0.3, 0.4) is 0 Å². The molecule has 0 aliphatic heterocycles. The smallest absolute Gasteiger partial charge is 0.169 e. The van der Waals surface area contributed by atoms with Gasteiger partial charge >= 0.3 is 0 Å². The highest BCUT2D eigenvalue weighted by atomic mass is 16.5. The van der Waals surface area contributed by atoms with E-state index in [0.29, 0.717) is 23.0 Å². The first kappa shape index (κ1) is 39.4. The van der Waals surface area contributed by atoms with Crippen LogP contribution in [0.2, 0.25) is 0 Å². The number of methoxy groups -OCH3 is 6. The normalized spacial score (nSPS) is 10.8. The van der Waals surface area contributed by atoms with Crippen LogP contribution in [0.25, 0.3) is 0 Å². The molecule has 0 atom stereocenters. The van der Waals surface area contributed by atoms with Crippen molar-refractivity contribution >= 4 is 0 Å². The molecule has 0 aliphatic carbocycles. The van der Waals surface area contributed by atoms with Gasteiger partial charge in [0.15, 0.2) is 23.0 Å². The second-order valence-corrected chi connectivity index (χ2v) is 13.3. The minimum Gasteiger partial charge on any atom is -0.497 e. The van der Waals surface area contributed by atoms with Gasteiger partial charge in [-0.25, -0.2) is 0 Å². The van der Waals surface area contributed by atoms with Crippen molar-refractivity contribution in [1.29, 1.82) is 0 Å². The molecule has 0 bridgehead atoms. The van der Waals surface area contributed by atoms with Gasteiger partial charge in [-0.2, -0.15) is 0 Å². The first-order chi connectivity index (χ1) is 27.4. The van der Waals surface area contributed by atoms with Crippen molar-refractivity contribution in [2.24, 2.45) is 0 Å². The fourth-order valence-electron chi connectivity index (χ4n) is 6.62. The van der Waals surface area contributed by atoms with E-state index in [2.05, 4.69) is 48.5 Å².